The van der Waals surface area contributed by atoms with E-state index in [0.29, 0.717) is 12.0 Å². The molecule has 1 aliphatic rings. The lowest BCUT2D eigenvalue weighted by Gasteiger charge is -2.15. The monoisotopic (exact) mass is 222 g/mol. The molecule has 0 amide bonds. The van der Waals surface area contributed by atoms with Gasteiger partial charge in [0.05, 0.1) is 0 Å². The van der Waals surface area contributed by atoms with Gasteiger partial charge in [-0.1, -0.05) is 12.2 Å². The van der Waals surface area contributed by atoms with Crippen molar-refractivity contribution < 1.29 is 15.0 Å². The Labute approximate surface area is 95.8 Å². The van der Waals surface area contributed by atoms with Gasteiger partial charge in [-0.05, 0) is 49.8 Å². The second-order valence-electron chi connectivity index (χ2n) is 3.87. The molecule has 0 saturated heterocycles. The molecule has 1 unspecified atom stereocenters. The fourth-order valence-electron chi connectivity index (χ4n) is 2.10. The highest BCUT2D eigenvalue weighted by Gasteiger charge is 2.22. The summed E-state index contributed by atoms with van der Waals surface area (Å²) >= 11 is 0. The largest absolute Gasteiger partial charge is 0.478 e. The highest BCUT2D eigenvalue weighted by molar-refractivity contribution is 5.81. The van der Waals surface area contributed by atoms with Gasteiger partial charge in [-0.15, -0.1) is 0 Å². The van der Waals surface area contributed by atoms with Crippen LogP contribution >= 0.6 is 0 Å². The number of carbonyl (C=O) groups is 1. The minimum absolute atomic E-state index is 0.595. The van der Waals surface area contributed by atoms with Gasteiger partial charge in [0.25, 0.3) is 0 Å². The number of hydrogen-bond acceptors (Lipinski definition) is 2. The number of rotatable bonds is 1. The van der Waals surface area contributed by atoms with Crippen molar-refractivity contribution in [1.82, 2.24) is 0 Å². The molecule has 16 heavy (non-hydrogen) atoms. The number of aliphatic carboxylic acids is 1. The number of allylic oxidation sites excluding steroid dienone is 2. The molecule has 0 heterocycles. The third-order valence-electron chi connectivity index (χ3n) is 2.90. The topological polar surface area (TPSA) is 57.5 Å². The molecule has 0 radical (unpaired) electrons. The molecule has 1 aliphatic carbocycles. The first-order valence-corrected chi connectivity index (χ1v) is 5.53. The number of hydrogen-bond donors (Lipinski definition) is 2. The molecule has 1 atom stereocenters. The van der Waals surface area contributed by atoms with Crippen LogP contribution in [0, 0.1) is 0 Å². The van der Waals surface area contributed by atoms with Crippen LogP contribution in [0.2, 0.25) is 0 Å². The lowest BCUT2D eigenvalue weighted by molar-refractivity contribution is -0.131. The fourth-order valence-corrected chi connectivity index (χ4v) is 2.10. The van der Waals surface area contributed by atoms with Gasteiger partial charge in [0.15, 0.2) is 0 Å². The lowest BCUT2D eigenvalue weighted by Crippen LogP contribution is -2.14. The zero-order valence-corrected chi connectivity index (χ0v) is 9.73. The summed E-state index contributed by atoms with van der Waals surface area (Å²) in [5.41, 5.74) is 2.55. The third kappa shape index (κ3) is 2.83. The van der Waals surface area contributed by atoms with Crippen molar-refractivity contribution in [2.75, 3.05) is 0 Å². The third-order valence-corrected chi connectivity index (χ3v) is 2.90. The fraction of sp³-hybridized carbons (Fsp3) is 0.462. The van der Waals surface area contributed by atoms with E-state index < -0.39 is 12.1 Å². The SMILES string of the molecule is C/C=C1/CCC/C(=C\C(=O)O)C(O)/C1=C/C. The molecule has 88 valence electrons. The molecule has 0 aromatic carbocycles. The van der Waals surface area contributed by atoms with Crippen molar-refractivity contribution in [3.63, 3.8) is 0 Å². The van der Waals surface area contributed by atoms with E-state index in [-0.39, 0.29) is 0 Å². The van der Waals surface area contributed by atoms with E-state index in [4.69, 9.17) is 5.11 Å². The van der Waals surface area contributed by atoms with E-state index in [1.54, 1.807) is 0 Å². The average molecular weight is 222 g/mol. The Kier molecular flexibility index (Phi) is 4.50. The first kappa shape index (κ1) is 12.7. The molecule has 1 rings (SSSR count). The van der Waals surface area contributed by atoms with Gasteiger partial charge < -0.3 is 10.2 Å². The molecule has 3 nitrogen and oxygen atoms in total. The summed E-state index contributed by atoms with van der Waals surface area (Å²) in [6.45, 7) is 3.81. The van der Waals surface area contributed by atoms with Crippen LogP contribution in [0.25, 0.3) is 0 Å². The van der Waals surface area contributed by atoms with Crippen molar-refractivity contribution in [3.8, 4) is 0 Å². The number of aliphatic hydroxyl groups excluding tert-OH is 1. The Bertz CT molecular complexity index is 361. The van der Waals surface area contributed by atoms with Gasteiger partial charge in [-0.3, -0.25) is 0 Å². The predicted molar refractivity (Wildman–Crippen MR) is 63.1 cm³/mol. The van der Waals surface area contributed by atoms with Gasteiger partial charge in [0.1, 0.15) is 6.10 Å². The van der Waals surface area contributed by atoms with E-state index in [0.717, 1.165) is 30.1 Å². The van der Waals surface area contributed by atoms with Gasteiger partial charge in [0.2, 0.25) is 0 Å². The van der Waals surface area contributed by atoms with Gasteiger partial charge >= 0.3 is 5.97 Å². The van der Waals surface area contributed by atoms with E-state index in [1.165, 1.54) is 0 Å². The van der Waals surface area contributed by atoms with Gasteiger partial charge in [-0.25, -0.2) is 4.79 Å². The molecule has 1 fully saturated rings. The normalized spacial score (nSPS) is 29.7. The summed E-state index contributed by atoms with van der Waals surface area (Å²) < 4.78 is 0. The zero-order valence-electron chi connectivity index (χ0n) is 9.73. The summed E-state index contributed by atoms with van der Waals surface area (Å²) in [5.74, 6) is -0.992. The van der Waals surface area contributed by atoms with Crippen LogP contribution in [0.3, 0.4) is 0 Å². The van der Waals surface area contributed by atoms with Crippen molar-refractivity contribution in [3.05, 3.63) is 34.9 Å². The predicted octanol–water partition coefficient (Wildman–Crippen LogP) is 2.43. The first-order valence-electron chi connectivity index (χ1n) is 5.53. The molecule has 0 aliphatic heterocycles. The highest BCUT2D eigenvalue weighted by Crippen LogP contribution is 2.31. The molecule has 0 aromatic rings. The molecule has 2 N–H and O–H groups in total. The average Bonchev–Trinajstić information content (AvgIpc) is 2.38. The van der Waals surface area contributed by atoms with E-state index in [2.05, 4.69) is 0 Å². The molecular formula is C13H18O3. The zero-order chi connectivity index (χ0) is 12.1. The second-order valence-corrected chi connectivity index (χ2v) is 3.87. The Hall–Kier alpha value is -1.35. The van der Waals surface area contributed by atoms with Crippen LogP contribution in [0.1, 0.15) is 33.1 Å². The second kappa shape index (κ2) is 5.66. The van der Waals surface area contributed by atoms with Crippen LogP contribution in [0.4, 0.5) is 0 Å². The standard InChI is InChI=1S/C13H18O3/c1-3-9-6-5-7-10(8-12(14)15)13(16)11(9)4-2/h3-4,8,13,16H,5-7H2,1-2H3,(H,14,15)/b9-3-,10-8+,11-4+. The van der Waals surface area contributed by atoms with E-state index >= 15 is 0 Å². The summed E-state index contributed by atoms with van der Waals surface area (Å²) in [4.78, 5) is 10.6. The lowest BCUT2D eigenvalue weighted by atomic mass is 9.96. The van der Waals surface area contributed by atoms with Gasteiger partial charge in [-0.2, -0.15) is 0 Å². The van der Waals surface area contributed by atoms with Crippen LogP contribution in [0.15, 0.2) is 34.9 Å². The van der Waals surface area contributed by atoms with Crippen molar-refractivity contribution in [1.29, 1.82) is 0 Å². The first-order chi connectivity index (χ1) is 7.60. The van der Waals surface area contributed by atoms with Crippen molar-refractivity contribution in [2.24, 2.45) is 0 Å². The van der Waals surface area contributed by atoms with Crippen LogP contribution < -0.4 is 0 Å². The van der Waals surface area contributed by atoms with Crippen molar-refractivity contribution >= 4 is 5.97 Å². The molecule has 0 bridgehead atoms. The summed E-state index contributed by atoms with van der Waals surface area (Å²) in [6.07, 6.45) is 6.63. The number of carboxylic acid groups (broad SMARTS) is 1. The maximum atomic E-state index is 10.6. The Morgan fingerprint density at radius 1 is 1.31 bits per heavy atom. The van der Waals surface area contributed by atoms with E-state index in [9.17, 15) is 9.90 Å². The quantitative estimate of drug-likeness (QED) is 0.529. The summed E-state index contributed by atoms with van der Waals surface area (Å²) in [6, 6.07) is 0. The molecular weight excluding hydrogens is 204 g/mol. The Balaban J connectivity index is 3.09. The van der Waals surface area contributed by atoms with E-state index in [1.807, 2.05) is 26.0 Å². The summed E-state index contributed by atoms with van der Waals surface area (Å²) in [5, 5.41) is 18.9. The number of carboxylic acids is 1. The highest BCUT2D eigenvalue weighted by atomic mass is 16.4. The Morgan fingerprint density at radius 3 is 2.50 bits per heavy atom. The minimum Gasteiger partial charge on any atom is -0.478 e. The minimum atomic E-state index is -0.992. The number of aliphatic hydroxyl groups is 1. The molecule has 0 aromatic heterocycles. The smallest absolute Gasteiger partial charge is 0.328 e. The van der Waals surface area contributed by atoms with Crippen LogP contribution in [-0.2, 0) is 4.79 Å². The molecule has 3 heteroatoms. The maximum Gasteiger partial charge on any atom is 0.328 e. The van der Waals surface area contributed by atoms with Crippen LogP contribution in [-0.4, -0.2) is 22.3 Å². The van der Waals surface area contributed by atoms with Crippen molar-refractivity contribution in [2.45, 2.75) is 39.2 Å². The molecule has 1 saturated carbocycles. The van der Waals surface area contributed by atoms with Crippen LogP contribution in [0.5, 0.6) is 0 Å². The summed E-state index contributed by atoms with van der Waals surface area (Å²) in [7, 11) is 0. The Morgan fingerprint density at radius 2 is 2.00 bits per heavy atom. The molecule has 0 spiro atoms. The maximum absolute atomic E-state index is 10.6. The van der Waals surface area contributed by atoms with Gasteiger partial charge in [0, 0.05) is 6.08 Å².